The first-order chi connectivity index (χ1) is 17.2. The molecule has 1 aliphatic heterocycles. The topological polar surface area (TPSA) is 60.9 Å². The standard InChI is InChI=1S/C28H28N6O/c1-31-19-16-29-26(31)20-32-17-13-24(14-18-32)34-27-25(8-5-15-30-27)33(28(34)35)23-11-9-22(10-12-23)21-6-3-2-4-7-21/h2-12,15-16,19,24H,13-14,17-18,20H2,1H3. The Balaban J connectivity index is 1.30. The maximum absolute atomic E-state index is 13.8. The summed E-state index contributed by atoms with van der Waals surface area (Å²) in [7, 11) is 2.03. The van der Waals surface area contributed by atoms with E-state index < -0.39 is 0 Å². The third-order valence-corrected chi connectivity index (χ3v) is 7.07. The van der Waals surface area contributed by atoms with Gasteiger partial charge in [0.05, 0.1) is 17.7 Å². The smallest absolute Gasteiger partial charge is 0.335 e. The van der Waals surface area contributed by atoms with Crippen molar-refractivity contribution in [2.75, 3.05) is 13.1 Å². The zero-order valence-electron chi connectivity index (χ0n) is 19.8. The molecule has 0 radical (unpaired) electrons. The van der Waals surface area contributed by atoms with Crippen molar-refractivity contribution in [2.45, 2.75) is 25.4 Å². The number of nitrogens with zero attached hydrogens (tertiary/aromatic N) is 6. The summed E-state index contributed by atoms with van der Waals surface area (Å²) in [6, 6.07) is 22.5. The van der Waals surface area contributed by atoms with Gasteiger partial charge in [-0.2, -0.15) is 0 Å². The van der Waals surface area contributed by atoms with Crippen LogP contribution in [-0.4, -0.2) is 41.7 Å². The van der Waals surface area contributed by atoms with Gasteiger partial charge in [-0.15, -0.1) is 0 Å². The van der Waals surface area contributed by atoms with E-state index in [1.165, 1.54) is 0 Å². The van der Waals surface area contributed by atoms with Crippen molar-refractivity contribution in [1.82, 2.24) is 28.6 Å². The summed E-state index contributed by atoms with van der Waals surface area (Å²) >= 11 is 0. The molecule has 1 saturated heterocycles. The lowest BCUT2D eigenvalue weighted by Gasteiger charge is -2.32. The number of piperidine rings is 1. The number of pyridine rings is 1. The van der Waals surface area contributed by atoms with E-state index in [1.54, 1.807) is 10.8 Å². The molecule has 0 unspecified atom stereocenters. The fourth-order valence-corrected chi connectivity index (χ4v) is 5.15. The van der Waals surface area contributed by atoms with Gasteiger partial charge in [0, 0.05) is 44.8 Å². The quantitative estimate of drug-likeness (QED) is 0.386. The second-order valence-corrected chi connectivity index (χ2v) is 9.21. The van der Waals surface area contributed by atoms with Crippen molar-refractivity contribution in [3.05, 3.63) is 102 Å². The number of rotatable bonds is 5. The number of likely N-dealkylation sites (tertiary alicyclic amines) is 1. The van der Waals surface area contributed by atoms with Gasteiger partial charge in [-0.3, -0.25) is 14.0 Å². The van der Waals surface area contributed by atoms with Crippen molar-refractivity contribution in [2.24, 2.45) is 7.05 Å². The predicted molar refractivity (Wildman–Crippen MR) is 138 cm³/mol. The molecule has 0 saturated carbocycles. The molecule has 0 atom stereocenters. The van der Waals surface area contributed by atoms with Crippen LogP contribution in [0.3, 0.4) is 0 Å². The maximum Gasteiger partial charge on any atom is 0.335 e. The molecule has 0 aliphatic carbocycles. The van der Waals surface area contributed by atoms with Gasteiger partial charge in [0.2, 0.25) is 0 Å². The van der Waals surface area contributed by atoms with E-state index in [4.69, 9.17) is 0 Å². The van der Waals surface area contributed by atoms with Crippen molar-refractivity contribution in [3.63, 3.8) is 0 Å². The molecule has 7 nitrogen and oxygen atoms in total. The van der Waals surface area contributed by atoms with E-state index in [-0.39, 0.29) is 11.7 Å². The lowest BCUT2D eigenvalue weighted by molar-refractivity contribution is 0.174. The lowest BCUT2D eigenvalue weighted by atomic mass is 10.0. The zero-order valence-corrected chi connectivity index (χ0v) is 19.8. The molecule has 0 N–H and O–H groups in total. The average Bonchev–Trinajstić information content (AvgIpc) is 3.44. The van der Waals surface area contributed by atoms with Crippen LogP contribution in [0, 0.1) is 0 Å². The van der Waals surface area contributed by atoms with Crippen LogP contribution in [0.4, 0.5) is 0 Å². The Morgan fingerprint density at radius 3 is 2.31 bits per heavy atom. The first kappa shape index (κ1) is 21.6. The molecule has 0 spiro atoms. The predicted octanol–water partition coefficient (Wildman–Crippen LogP) is 4.42. The van der Waals surface area contributed by atoms with Gasteiger partial charge in [0.15, 0.2) is 5.65 Å². The molecule has 35 heavy (non-hydrogen) atoms. The van der Waals surface area contributed by atoms with Crippen molar-refractivity contribution >= 4 is 11.2 Å². The molecule has 2 aromatic carbocycles. The fraction of sp³-hybridized carbons (Fsp3) is 0.250. The number of hydrogen-bond acceptors (Lipinski definition) is 4. The molecule has 4 heterocycles. The number of fused-ring (bicyclic) bond motifs is 1. The van der Waals surface area contributed by atoms with E-state index >= 15 is 0 Å². The highest BCUT2D eigenvalue weighted by atomic mass is 16.1. The molecular weight excluding hydrogens is 436 g/mol. The highest BCUT2D eigenvalue weighted by molar-refractivity contribution is 5.74. The van der Waals surface area contributed by atoms with Gasteiger partial charge in [0.25, 0.3) is 0 Å². The summed E-state index contributed by atoms with van der Waals surface area (Å²) in [4.78, 5) is 25.3. The Labute approximate surface area is 203 Å². The number of benzene rings is 2. The van der Waals surface area contributed by atoms with Crippen LogP contribution in [0.5, 0.6) is 0 Å². The molecule has 1 fully saturated rings. The second-order valence-electron chi connectivity index (χ2n) is 9.21. The minimum Gasteiger partial charge on any atom is -0.337 e. The number of hydrogen-bond donors (Lipinski definition) is 0. The van der Waals surface area contributed by atoms with Crippen molar-refractivity contribution in [1.29, 1.82) is 0 Å². The minimum absolute atomic E-state index is 0.0197. The van der Waals surface area contributed by atoms with Gasteiger partial charge in [0.1, 0.15) is 5.82 Å². The monoisotopic (exact) mass is 464 g/mol. The van der Waals surface area contributed by atoms with Gasteiger partial charge >= 0.3 is 5.69 Å². The molecular formula is C28H28N6O. The van der Waals surface area contributed by atoms with Crippen LogP contribution < -0.4 is 5.69 Å². The van der Waals surface area contributed by atoms with E-state index in [2.05, 4.69) is 43.7 Å². The Hall–Kier alpha value is -3.97. The summed E-state index contributed by atoms with van der Waals surface area (Å²) in [6.45, 7) is 2.68. The third-order valence-electron chi connectivity index (χ3n) is 7.07. The van der Waals surface area contributed by atoms with E-state index in [0.29, 0.717) is 0 Å². The molecule has 176 valence electrons. The molecule has 1 aliphatic rings. The Bertz CT molecular complexity index is 1500. The summed E-state index contributed by atoms with van der Waals surface area (Å²) < 4.78 is 5.78. The van der Waals surface area contributed by atoms with Crippen LogP contribution in [0.25, 0.3) is 28.0 Å². The van der Waals surface area contributed by atoms with Gasteiger partial charge < -0.3 is 4.57 Å². The highest BCUT2D eigenvalue weighted by Gasteiger charge is 2.26. The molecule has 7 heteroatoms. The maximum atomic E-state index is 13.8. The van der Waals surface area contributed by atoms with Gasteiger partial charge in [-0.1, -0.05) is 42.5 Å². The first-order valence-corrected chi connectivity index (χ1v) is 12.1. The van der Waals surface area contributed by atoms with E-state index in [1.807, 2.05) is 66.5 Å². The lowest BCUT2D eigenvalue weighted by Crippen LogP contribution is -2.37. The van der Waals surface area contributed by atoms with Gasteiger partial charge in [-0.05, 0) is 48.2 Å². The summed E-state index contributed by atoms with van der Waals surface area (Å²) in [6.07, 6.45) is 7.42. The summed E-state index contributed by atoms with van der Waals surface area (Å²) in [5.74, 6) is 1.07. The summed E-state index contributed by atoms with van der Waals surface area (Å²) in [5, 5.41) is 0. The van der Waals surface area contributed by atoms with E-state index in [9.17, 15) is 4.79 Å². The highest BCUT2D eigenvalue weighted by Crippen LogP contribution is 2.27. The van der Waals surface area contributed by atoms with E-state index in [0.717, 1.165) is 66.3 Å². The fourth-order valence-electron chi connectivity index (χ4n) is 5.15. The van der Waals surface area contributed by atoms with Crippen LogP contribution in [-0.2, 0) is 13.6 Å². The molecule has 0 bridgehead atoms. The first-order valence-electron chi connectivity index (χ1n) is 12.1. The SMILES string of the molecule is Cn1ccnc1CN1CCC(n2c(=O)n(-c3ccc(-c4ccccc4)cc3)c3cccnc32)CC1. The van der Waals surface area contributed by atoms with Crippen LogP contribution in [0.15, 0.2) is 90.1 Å². The van der Waals surface area contributed by atoms with Crippen LogP contribution in [0.1, 0.15) is 24.7 Å². The summed E-state index contributed by atoms with van der Waals surface area (Å²) in [5.41, 5.74) is 4.73. The number of aryl methyl sites for hydroxylation is 1. The number of imidazole rings is 2. The second kappa shape index (κ2) is 9.00. The Kier molecular flexibility index (Phi) is 5.54. The zero-order chi connectivity index (χ0) is 23.8. The molecule has 0 amide bonds. The third kappa shape index (κ3) is 3.98. The van der Waals surface area contributed by atoms with Gasteiger partial charge in [-0.25, -0.2) is 14.8 Å². The average molecular weight is 465 g/mol. The van der Waals surface area contributed by atoms with Crippen LogP contribution >= 0.6 is 0 Å². The molecule has 6 rings (SSSR count). The number of aromatic nitrogens is 5. The van der Waals surface area contributed by atoms with Crippen molar-refractivity contribution in [3.8, 4) is 16.8 Å². The Morgan fingerprint density at radius 1 is 0.857 bits per heavy atom. The minimum atomic E-state index is -0.0197. The largest absolute Gasteiger partial charge is 0.337 e. The molecule has 3 aromatic heterocycles. The van der Waals surface area contributed by atoms with Crippen molar-refractivity contribution < 1.29 is 0 Å². The Morgan fingerprint density at radius 2 is 1.60 bits per heavy atom. The molecule has 5 aromatic rings. The van der Waals surface area contributed by atoms with Crippen LogP contribution in [0.2, 0.25) is 0 Å². The normalized spacial score (nSPS) is 15.1.